The van der Waals surface area contributed by atoms with Gasteiger partial charge in [0.1, 0.15) is 13.4 Å². The van der Waals surface area contributed by atoms with Crippen LogP contribution in [0.3, 0.4) is 0 Å². The van der Waals surface area contributed by atoms with Gasteiger partial charge in [0.25, 0.3) is 0 Å². The molecule has 0 aliphatic rings. The topological polar surface area (TPSA) is 185 Å². The molecule has 0 amide bonds. The van der Waals surface area contributed by atoms with Crippen molar-refractivity contribution >= 4 is 67.4 Å². The summed E-state index contributed by atoms with van der Waals surface area (Å²) in [4.78, 5) is 14.8. The fourth-order valence-corrected chi connectivity index (χ4v) is 9.68. The molecule has 0 atom stereocenters. The number of hydrogen-bond donors (Lipinski definition) is 7. The lowest BCUT2D eigenvalue weighted by molar-refractivity contribution is 0.350. The van der Waals surface area contributed by atoms with Gasteiger partial charge in [-0.05, 0) is 78.7 Å². The molecule has 0 bridgehead atoms. The molecule has 10 aromatic carbocycles. The third kappa shape index (κ3) is 6.26. The number of phenols is 7. The molecule has 2 radical (unpaired) electrons. The van der Waals surface area contributed by atoms with Crippen LogP contribution < -0.4 is 5.46 Å². The van der Waals surface area contributed by atoms with Crippen LogP contribution in [0.4, 0.5) is 0 Å². The Balaban J connectivity index is 1.14. The summed E-state index contributed by atoms with van der Waals surface area (Å²) in [5.41, 5.74) is 4.84. The first-order valence-corrected chi connectivity index (χ1v) is 21.9. The van der Waals surface area contributed by atoms with Crippen molar-refractivity contribution in [3.63, 3.8) is 0 Å². The number of benzene rings is 10. The lowest BCUT2D eigenvalue weighted by Gasteiger charge is -2.20. The summed E-state index contributed by atoms with van der Waals surface area (Å²) in [5, 5.41) is 83.6. The molecule has 12 heteroatoms. The van der Waals surface area contributed by atoms with Crippen LogP contribution in [0.15, 0.2) is 170 Å². The molecule has 0 spiro atoms. The van der Waals surface area contributed by atoms with Gasteiger partial charge in [-0.2, -0.15) is 0 Å². The predicted octanol–water partition coefficient (Wildman–Crippen LogP) is 11.5. The van der Waals surface area contributed by atoms with Gasteiger partial charge in [-0.1, -0.05) is 146 Å². The lowest BCUT2D eigenvalue weighted by Crippen LogP contribution is -2.10. The number of nitrogens with zero attached hydrogens (tertiary/aromatic N) is 4. The molecular formula is C57H35BN4O7. The third-order valence-electron chi connectivity index (χ3n) is 12.9. The smallest absolute Gasteiger partial charge is 0.206 e. The van der Waals surface area contributed by atoms with Crippen LogP contribution in [0, 0.1) is 0 Å². The van der Waals surface area contributed by atoms with Crippen LogP contribution >= 0.6 is 0 Å². The zero-order valence-corrected chi connectivity index (χ0v) is 36.2. The maximum atomic E-state index is 11.8. The Morgan fingerprint density at radius 3 is 1.26 bits per heavy atom. The molecule has 0 unspecified atom stereocenters. The molecule has 69 heavy (non-hydrogen) atoms. The summed E-state index contributed by atoms with van der Waals surface area (Å²) in [5.74, 6) is -5.07. The highest BCUT2D eigenvalue weighted by atomic mass is 16.3. The number of phenolic OH excluding ortho intramolecular Hbond substituents is 7. The molecule has 0 fully saturated rings. The van der Waals surface area contributed by atoms with Gasteiger partial charge < -0.3 is 40.3 Å². The second-order valence-corrected chi connectivity index (χ2v) is 16.8. The second-order valence-electron chi connectivity index (χ2n) is 16.8. The molecule has 2 aromatic heterocycles. The Morgan fingerprint density at radius 1 is 0.319 bits per heavy atom. The summed E-state index contributed by atoms with van der Waals surface area (Å²) >= 11 is 0. The summed E-state index contributed by atoms with van der Waals surface area (Å²) in [7, 11) is 6.64. The van der Waals surface area contributed by atoms with Crippen molar-refractivity contribution in [3.8, 4) is 102 Å². The first-order chi connectivity index (χ1) is 33.6. The van der Waals surface area contributed by atoms with Crippen molar-refractivity contribution in [1.29, 1.82) is 0 Å². The van der Waals surface area contributed by atoms with Gasteiger partial charge in [0, 0.05) is 22.3 Å². The fraction of sp³-hybridized carbons (Fsp3) is 0. The molecule has 11 nitrogen and oxygen atoms in total. The van der Waals surface area contributed by atoms with E-state index in [1.54, 1.807) is 0 Å². The van der Waals surface area contributed by atoms with Crippen molar-refractivity contribution in [2.45, 2.75) is 0 Å². The molecule has 12 aromatic rings. The van der Waals surface area contributed by atoms with E-state index in [9.17, 15) is 35.7 Å². The van der Waals surface area contributed by atoms with Crippen molar-refractivity contribution < 1.29 is 35.7 Å². The predicted molar refractivity (Wildman–Crippen MR) is 271 cm³/mol. The Hall–Kier alpha value is -9.55. The summed E-state index contributed by atoms with van der Waals surface area (Å²) in [6, 6.07) is 55.1. The van der Waals surface area contributed by atoms with E-state index in [0.717, 1.165) is 60.1 Å². The van der Waals surface area contributed by atoms with Gasteiger partial charge in [0.05, 0.1) is 22.0 Å². The zero-order chi connectivity index (χ0) is 47.2. The quantitative estimate of drug-likeness (QED) is 0.0367. The number of aromatic nitrogens is 4. The van der Waals surface area contributed by atoms with Gasteiger partial charge >= 0.3 is 0 Å². The average molecular weight is 899 g/mol. The van der Waals surface area contributed by atoms with Gasteiger partial charge in [0.2, 0.25) is 11.5 Å². The highest BCUT2D eigenvalue weighted by molar-refractivity contribution is 6.43. The van der Waals surface area contributed by atoms with E-state index in [1.165, 1.54) is 4.57 Å². The van der Waals surface area contributed by atoms with Crippen LogP contribution in [-0.2, 0) is 0 Å². The molecule has 2 heterocycles. The molecule has 12 rings (SSSR count). The normalized spacial score (nSPS) is 11.7. The minimum absolute atomic E-state index is 0.134. The first-order valence-electron chi connectivity index (χ1n) is 21.9. The maximum absolute atomic E-state index is 11.8. The molecule has 0 aliphatic heterocycles. The van der Waals surface area contributed by atoms with Crippen molar-refractivity contribution in [2.75, 3.05) is 0 Å². The summed E-state index contributed by atoms with van der Waals surface area (Å²) in [6.45, 7) is 0. The minimum atomic E-state index is -1.07. The maximum Gasteiger partial charge on any atom is 0.206 e. The first kappa shape index (κ1) is 40.9. The van der Waals surface area contributed by atoms with Crippen LogP contribution in [0.25, 0.3) is 116 Å². The molecular weight excluding hydrogens is 863 g/mol. The Morgan fingerprint density at radius 2 is 0.710 bits per heavy atom. The van der Waals surface area contributed by atoms with E-state index in [1.807, 2.05) is 164 Å². The van der Waals surface area contributed by atoms with E-state index >= 15 is 0 Å². The van der Waals surface area contributed by atoms with Crippen LogP contribution in [-0.4, -0.2) is 63.1 Å². The summed E-state index contributed by atoms with van der Waals surface area (Å²) < 4.78 is 1.41. The highest BCUT2D eigenvalue weighted by Crippen LogP contribution is 2.56. The SMILES string of the molecule is [B]c1c(O)c(O)c(O)c2c3c(O)c(O)c(O)c(O)c3n(-c3cc4c5ccccc5c5ccccc5c4cc3-c3cccc(-c4cccc(-c5nc(-c6ccccc6)nc(-c6ccccc6)n5)c4)c3)c12. The Labute approximate surface area is 393 Å². The molecule has 0 aliphatic carbocycles. The van der Waals surface area contributed by atoms with E-state index in [4.69, 9.17) is 22.8 Å². The molecule has 0 saturated heterocycles. The standard InChI is InChI=1S/C57H35BN4O7/c58-45-46-43(48(63)52(67)50(45)65)44-47(51(66)54(69)53(68)49(44)64)62(46)42-28-41-38-24-10-8-22-36(38)35-21-7-9-23-37(35)40(41)27-39(42)33-19-11-17-31(25-33)32-18-12-20-34(26-32)57-60-55(29-13-3-1-4-14-29)59-56(61-57)30-15-5-2-6-16-30/h1-28,63-69H. The molecule has 0 saturated carbocycles. The lowest BCUT2D eigenvalue weighted by atomic mass is 9.89. The van der Waals surface area contributed by atoms with Gasteiger partial charge in [0.15, 0.2) is 46.2 Å². The van der Waals surface area contributed by atoms with Crippen LogP contribution in [0.5, 0.6) is 40.2 Å². The minimum Gasteiger partial charge on any atom is -0.505 e. The van der Waals surface area contributed by atoms with Crippen molar-refractivity contribution in [2.24, 2.45) is 0 Å². The summed E-state index contributed by atoms with van der Waals surface area (Å²) in [6.07, 6.45) is 0. The van der Waals surface area contributed by atoms with Gasteiger partial charge in [-0.15, -0.1) is 0 Å². The van der Waals surface area contributed by atoms with E-state index in [-0.39, 0.29) is 21.8 Å². The number of rotatable bonds is 6. The largest absolute Gasteiger partial charge is 0.505 e. The number of hydrogen-bond acceptors (Lipinski definition) is 10. The van der Waals surface area contributed by atoms with Gasteiger partial charge in [-0.3, -0.25) is 0 Å². The zero-order valence-electron chi connectivity index (χ0n) is 36.2. The van der Waals surface area contributed by atoms with E-state index in [0.29, 0.717) is 34.3 Å². The molecule has 328 valence electrons. The second kappa shape index (κ2) is 15.5. The highest BCUT2D eigenvalue weighted by Gasteiger charge is 2.32. The number of fused-ring (bicyclic) bond motifs is 9. The molecule has 7 N–H and O–H groups in total. The fourth-order valence-electron chi connectivity index (χ4n) is 9.68. The van der Waals surface area contributed by atoms with Crippen LogP contribution in [0.2, 0.25) is 0 Å². The van der Waals surface area contributed by atoms with E-state index < -0.39 is 45.7 Å². The third-order valence-corrected chi connectivity index (χ3v) is 12.9. The van der Waals surface area contributed by atoms with Gasteiger partial charge in [-0.25, -0.2) is 15.0 Å². The Kier molecular flexibility index (Phi) is 9.21. The monoisotopic (exact) mass is 898 g/mol. The number of aromatic hydroxyl groups is 7. The average Bonchev–Trinajstić information content (AvgIpc) is 3.77. The Bertz CT molecular complexity index is 3990. The van der Waals surface area contributed by atoms with Crippen molar-refractivity contribution in [1.82, 2.24) is 19.5 Å². The van der Waals surface area contributed by atoms with Crippen LogP contribution in [0.1, 0.15) is 0 Å². The van der Waals surface area contributed by atoms with Crippen molar-refractivity contribution in [3.05, 3.63) is 170 Å². The van der Waals surface area contributed by atoms with E-state index in [2.05, 4.69) is 6.07 Å².